The predicted octanol–water partition coefficient (Wildman–Crippen LogP) is 2.39. The van der Waals surface area contributed by atoms with Crippen LogP contribution in [0.25, 0.3) is 11.3 Å². The van der Waals surface area contributed by atoms with E-state index >= 15 is 0 Å². The van der Waals surface area contributed by atoms with Crippen LogP contribution in [-0.2, 0) is 0 Å². The molecule has 0 aliphatic rings. The number of hydrogen-bond donors (Lipinski definition) is 2. The number of aromatic nitrogens is 2. The Hall–Kier alpha value is -2.14. The van der Waals surface area contributed by atoms with Crippen molar-refractivity contribution in [1.29, 1.82) is 0 Å². The number of imidazole rings is 1. The summed E-state index contributed by atoms with van der Waals surface area (Å²) in [5.74, 6) is -0.0389. The number of amides is 1. The second-order valence-corrected chi connectivity index (χ2v) is 6.63. The molecule has 118 valence electrons. The lowest BCUT2D eigenvalue weighted by atomic mass is 9.93. The Morgan fingerprint density at radius 2 is 1.95 bits per heavy atom. The molecule has 0 saturated heterocycles. The van der Waals surface area contributed by atoms with Crippen LogP contribution in [0.1, 0.15) is 24.2 Å². The van der Waals surface area contributed by atoms with Gasteiger partial charge in [-0.05, 0) is 37.2 Å². The molecular weight excluding hydrogens is 276 g/mol. The fraction of sp³-hybridized carbons (Fsp3) is 0.412. The van der Waals surface area contributed by atoms with E-state index in [1.54, 1.807) is 12.5 Å². The average Bonchev–Trinajstić information content (AvgIpc) is 2.98. The number of carbonyl (C=O) groups excluding carboxylic acids is 1. The van der Waals surface area contributed by atoms with E-state index in [9.17, 15) is 4.79 Å². The summed E-state index contributed by atoms with van der Waals surface area (Å²) in [5, 5.41) is 3.01. The van der Waals surface area contributed by atoms with Crippen molar-refractivity contribution >= 4 is 5.91 Å². The summed E-state index contributed by atoms with van der Waals surface area (Å²) < 4.78 is 0. The maximum atomic E-state index is 12.2. The minimum absolute atomic E-state index is 0.0367. The second-order valence-electron chi connectivity index (χ2n) is 6.63. The van der Waals surface area contributed by atoms with Crippen LogP contribution in [0.4, 0.5) is 0 Å². The van der Waals surface area contributed by atoms with E-state index in [4.69, 9.17) is 0 Å². The third-order valence-corrected chi connectivity index (χ3v) is 3.43. The fourth-order valence-electron chi connectivity index (χ4n) is 2.55. The van der Waals surface area contributed by atoms with E-state index in [1.807, 2.05) is 38.4 Å². The zero-order valence-electron chi connectivity index (χ0n) is 13.7. The predicted molar refractivity (Wildman–Crippen MR) is 88.7 cm³/mol. The van der Waals surface area contributed by atoms with E-state index in [1.165, 1.54) is 0 Å². The summed E-state index contributed by atoms with van der Waals surface area (Å²) in [6.07, 6.45) is 3.40. The van der Waals surface area contributed by atoms with E-state index in [0.717, 1.165) is 17.8 Å². The smallest absolute Gasteiger partial charge is 0.251 e. The largest absolute Gasteiger partial charge is 0.351 e. The quantitative estimate of drug-likeness (QED) is 0.861. The molecule has 0 unspecified atom stereocenters. The molecule has 0 fully saturated rings. The SMILES string of the molecule is CN(C)CC(C)(C)CNC(=O)c1ccc(-c2cnc[nH]2)cc1. The first-order valence-electron chi connectivity index (χ1n) is 7.39. The summed E-state index contributed by atoms with van der Waals surface area (Å²) in [5.41, 5.74) is 2.67. The molecule has 2 N–H and O–H groups in total. The molecule has 0 aliphatic heterocycles. The van der Waals surface area contributed by atoms with Gasteiger partial charge in [-0.15, -0.1) is 0 Å². The highest BCUT2D eigenvalue weighted by molar-refractivity contribution is 5.94. The number of benzene rings is 1. The molecule has 0 saturated carbocycles. The highest BCUT2D eigenvalue weighted by atomic mass is 16.1. The van der Waals surface area contributed by atoms with Crippen LogP contribution in [0.2, 0.25) is 0 Å². The van der Waals surface area contributed by atoms with Crippen LogP contribution in [0, 0.1) is 5.41 Å². The molecule has 1 amide bonds. The first kappa shape index (κ1) is 16.2. The lowest BCUT2D eigenvalue weighted by molar-refractivity contribution is 0.0929. The zero-order chi connectivity index (χ0) is 16.2. The molecular formula is C17H24N4O. The first-order valence-corrected chi connectivity index (χ1v) is 7.39. The van der Waals surface area contributed by atoms with Gasteiger partial charge < -0.3 is 15.2 Å². The summed E-state index contributed by atoms with van der Waals surface area (Å²) in [6.45, 7) is 5.86. The van der Waals surface area contributed by atoms with Crippen molar-refractivity contribution in [3.8, 4) is 11.3 Å². The maximum absolute atomic E-state index is 12.2. The first-order chi connectivity index (χ1) is 10.4. The Balaban J connectivity index is 1.96. The molecule has 0 radical (unpaired) electrons. The molecule has 5 nitrogen and oxygen atoms in total. The standard InChI is InChI=1S/C17H24N4O/c1-17(2,11-21(3)4)10-19-16(22)14-7-5-13(6-8-14)15-9-18-12-20-15/h5-9,12H,10-11H2,1-4H3,(H,18,20)(H,19,22). The maximum Gasteiger partial charge on any atom is 0.251 e. The van der Waals surface area contributed by atoms with Crippen molar-refractivity contribution < 1.29 is 4.79 Å². The lowest BCUT2D eigenvalue weighted by Crippen LogP contribution is -2.39. The van der Waals surface area contributed by atoms with E-state index in [0.29, 0.717) is 12.1 Å². The topological polar surface area (TPSA) is 61.0 Å². The van der Waals surface area contributed by atoms with Crippen molar-refractivity contribution in [2.75, 3.05) is 27.2 Å². The number of nitrogens with zero attached hydrogens (tertiary/aromatic N) is 2. The van der Waals surface area contributed by atoms with Crippen LogP contribution in [0.15, 0.2) is 36.8 Å². The summed E-state index contributed by atoms with van der Waals surface area (Å²) in [4.78, 5) is 21.4. The highest BCUT2D eigenvalue weighted by Crippen LogP contribution is 2.17. The molecule has 0 aliphatic carbocycles. The average molecular weight is 300 g/mol. The second kappa shape index (κ2) is 6.75. The van der Waals surface area contributed by atoms with Crippen molar-refractivity contribution in [2.24, 2.45) is 5.41 Å². The van der Waals surface area contributed by atoms with Crippen LogP contribution in [0.5, 0.6) is 0 Å². The molecule has 1 aromatic carbocycles. The number of rotatable bonds is 6. The van der Waals surface area contributed by atoms with Crippen molar-refractivity contribution in [1.82, 2.24) is 20.2 Å². The number of H-pyrrole nitrogens is 1. The van der Waals surface area contributed by atoms with Crippen LogP contribution in [-0.4, -0.2) is 48.0 Å². The van der Waals surface area contributed by atoms with Gasteiger partial charge in [-0.2, -0.15) is 0 Å². The molecule has 1 aromatic heterocycles. The summed E-state index contributed by atoms with van der Waals surface area (Å²) >= 11 is 0. The van der Waals surface area contributed by atoms with Crippen LogP contribution < -0.4 is 5.32 Å². The number of carbonyl (C=O) groups is 1. The minimum atomic E-state index is -0.0389. The monoisotopic (exact) mass is 300 g/mol. The van der Waals surface area contributed by atoms with Gasteiger partial charge in [0.05, 0.1) is 18.2 Å². The number of hydrogen-bond acceptors (Lipinski definition) is 3. The molecule has 5 heteroatoms. The van der Waals surface area contributed by atoms with E-state index in [-0.39, 0.29) is 11.3 Å². The fourth-order valence-corrected chi connectivity index (χ4v) is 2.55. The Labute approximate surface area is 131 Å². The Kier molecular flexibility index (Phi) is 4.98. The molecule has 2 rings (SSSR count). The van der Waals surface area contributed by atoms with Gasteiger partial charge >= 0.3 is 0 Å². The molecule has 0 spiro atoms. The normalized spacial score (nSPS) is 11.7. The van der Waals surface area contributed by atoms with Gasteiger partial charge in [-0.25, -0.2) is 4.98 Å². The van der Waals surface area contributed by atoms with Crippen LogP contribution >= 0.6 is 0 Å². The Bertz CT molecular complexity index is 600. The third kappa shape index (κ3) is 4.43. The van der Waals surface area contributed by atoms with Crippen molar-refractivity contribution in [3.63, 3.8) is 0 Å². The lowest BCUT2D eigenvalue weighted by Gasteiger charge is -2.28. The van der Waals surface area contributed by atoms with Gasteiger partial charge in [0.1, 0.15) is 0 Å². The number of nitrogens with one attached hydrogen (secondary N) is 2. The third-order valence-electron chi connectivity index (χ3n) is 3.43. The molecule has 2 aromatic rings. The number of aromatic amines is 1. The molecule has 1 heterocycles. The summed E-state index contributed by atoms with van der Waals surface area (Å²) in [7, 11) is 4.08. The van der Waals surface area contributed by atoms with Crippen LogP contribution in [0.3, 0.4) is 0 Å². The van der Waals surface area contributed by atoms with Crippen molar-refractivity contribution in [2.45, 2.75) is 13.8 Å². The minimum Gasteiger partial charge on any atom is -0.351 e. The van der Waals surface area contributed by atoms with Gasteiger partial charge in [-0.3, -0.25) is 4.79 Å². The zero-order valence-corrected chi connectivity index (χ0v) is 13.7. The van der Waals surface area contributed by atoms with Gasteiger partial charge in [-0.1, -0.05) is 26.0 Å². The van der Waals surface area contributed by atoms with Gasteiger partial charge in [0.25, 0.3) is 5.91 Å². The summed E-state index contributed by atoms with van der Waals surface area (Å²) in [6, 6.07) is 7.52. The molecule has 0 bridgehead atoms. The Morgan fingerprint density at radius 1 is 1.27 bits per heavy atom. The highest BCUT2D eigenvalue weighted by Gasteiger charge is 2.20. The van der Waals surface area contributed by atoms with Gasteiger partial charge in [0, 0.05) is 18.7 Å². The van der Waals surface area contributed by atoms with E-state index in [2.05, 4.69) is 34.0 Å². The Morgan fingerprint density at radius 3 is 2.50 bits per heavy atom. The van der Waals surface area contributed by atoms with Crippen molar-refractivity contribution in [3.05, 3.63) is 42.4 Å². The van der Waals surface area contributed by atoms with Gasteiger partial charge in [0.15, 0.2) is 0 Å². The van der Waals surface area contributed by atoms with Gasteiger partial charge in [0.2, 0.25) is 0 Å². The molecule has 22 heavy (non-hydrogen) atoms. The van der Waals surface area contributed by atoms with E-state index < -0.39 is 0 Å². The molecule has 0 atom stereocenters.